The maximum absolute atomic E-state index is 4.41. The SMILES string of the molecule is CCCC(CC)Nc1cccnc1-n1cccn1. The minimum absolute atomic E-state index is 0.494. The van der Waals surface area contributed by atoms with Gasteiger partial charge in [-0.05, 0) is 31.0 Å². The number of nitrogens with one attached hydrogen (secondary N) is 1. The Hall–Kier alpha value is -1.84. The third-order valence-electron chi connectivity index (χ3n) is 3.00. The molecule has 2 rings (SSSR count). The Morgan fingerprint density at radius 3 is 2.83 bits per heavy atom. The third-order valence-corrected chi connectivity index (χ3v) is 3.00. The number of rotatable bonds is 6. The van der Waals surface area contributed by atoms with Crippen LogP contribution >= 0.6 is 0 Å². The lowest BCUT2D eigenvalue weighted by Crippen LogP contribution is -2.19. The second-order valence-electron chi connectivity index (χ2n) is 4.36. The third kappa shape index (κ3) is 2.88. The number of hydrogen-bond acceptors (Lipinski definition) is 3. The molecule has 0 aliphatic carbocycles. The molecule has 2 aromatic rings. The summed E-state index contributed by atoms with van der Waals surface area (Å²) in [7, 11) is 0. The first-order chi connectivity index (χ1) is 8.85. The molecule has 96 valence electrons. The fourth-order valence-corrected chi connectivity index (χ4v) is 2.03. The van der Waals surface area contributed by atoms with Gasteiger partial charge in [-0.2, -0.15) is 5.10 Å². The standard InChI is InChI=1S/C14H20N4/c1-3-7-12(4-2)17-13-8-5-9-15-14(13)18-11-6-10-16-18/h5-6,8-12,17H,3-4,7H2,1-2H3. The zero-order chi connectivity index (χ0) is 12.8. The summed E-state index contributed by atoms with van der Waals surface area (Å²) in [6, 6.07) is 6.41. The van der Waals surface area contributed by atoms with Crippen molar-refractivity contribution >= 4 is 5.69 Å². The van der Waals surface area contributed by atoms with Crippen LogP contribution in [-0.2, 0) is 0 Å². The van der Waals surface area contributed by atoms with E-state index in [1.807, 2.05) is 18.3 Å². The van der Waals surface area contributed by atoms with E-state index in [9.17, 15) is 0 Å². The molecule has 0 fully saturated rings. The zero-order valence-electron chi connectivity index (χ0n) is 11.0. The molecular formula is C14H20N4. The Kier molecular flexibility index (Phi) is 4.34. The number of nitrogens with zero attached hydrogens (tertiary/aromatic N) is 3. The van der Waals surface area contributed by atoms with Gasteiger partial charge in [0.05, 0.1) is 5.69 Å². The van der Waals surface area contributed by atoms with Crippen LogP contribution in [0.3, 0.4) is 0 Å². The molecule has 2 aromatic heterocycles. The number of hydrogen-bond donors (Lipinski definition) is 1. The van der Waals surface area contributed by atoms with E-state index in [-0.39, 0.29) is 0 Å². The molecule has 4 nitrogen and oxygen atoms in total. The summed E-state index contributed by atoms with van der Waals surface area (Å²) in [5.41, 5.74) is 1.04. The normalized spacial score (nSPS) is 12.3. The van der Waals surface area contributed by atoms with Crippen molar-refractivity contribution in [1.82, 2.24) is 14.8 Å². The maximum atomic E-state index is 4.41. The quantitative estimate of drug-likeness (QED) is 0.848. The number of aromatic nitrogens is 3. The van der Waals surface area contributed by atoms with Crippen molar-refractivity contribution in [3.05, 3.63) is 36.8 Å². The molecule has 0 aromatic carbocycles. The fourth-order valence-electron chi connectivity index (χ4n) is 2.03. The van der Waals surface area contributed by atoms with Crippen LogP contribution in [0.1, 0.15) is 33.1 Å². The Morgan fingerprint density at radius 1 is 1.28 bits per heavy atom. The van der Waals surface area contributed by atoms with E-state index in [1.165, 1.54) is 12.8 Å². The molecule has 0 radical (unpaired) electrons. The summed E-state index contributed by atoms with van der Waals surface area (Å²) < 4.78 is 1.79. The molecule has 0 saturated carbocycles. The first-order valence-corrected chi connectivity index (χ1v) is 6.56. The van der Waals surface area contributed by atoms with Crippen LogP contribution in [0.2, 0.25) is 0 Å². The Labute approximate surface area is 108 Å². The maximum Gasteiger partial charge on any atom is 0.176 e. The van der Waals surface area contributed by atoms with Crippen molar-refractivity contribution < 1.29 is 0 Å². The highest BCUT2D eigenvalue weighted by molar-refractivity contribution is 5.56. The fraction of sp³-hybridized carbons (Fsp3) is 0.429. The molecule has 0 amide bonds. The van der Waals surface area contributed by atoms with Crippen LogP contribution in [0.15, 0.2) is 36.8 Å². The molecule has 0 saturated heterocycles. The summed E-state index contributed by atoms with van der Waals surface area (Å²) >= 11 is 0. The van der Waals surface area contributed by atoms with Crippen molar-refractivity contribution in [1.29, 1.82) is 0 Å². The van der Waals surface area contributed by atoms with E-state index in [2.05, 4.69) is 35.3 Å². The van der Waals surface area contributed by atoms with E-state index in [1.54, 1.807) is 17.1 Å². The van der Waals surface area contributed by atoms with Gasteiger partial charge in [-0.15, -0.1) is 0 Å². The minimum Gasteiger partial charge on any atom is -0.379 e. The van der Waals surface area contributed by atoms with Crippen LogP contribution in [-0.4, -0.2) is 20.8 Å². The van der Waals surface area contributed by atoms with Crippen LogP contribution < -0.4 is 5.32 Å². The second-order valence-corrected chi connectivity index (χ2v) is 4.36. The summed E-state index contributed by atoms with van der Waals surface area (Å²) in [6.07, 6.45) is 8.94. The van der Waals surface area contributed by atoms with Gasteiger partial charge < -0.3 is 5.32 Å². The topological polar surface area (TPSA) is 42.7 Å². The van der Waals surface area contributed by atoms with Gasteiger partial charge in [-0.3, -0.25) is 0 Å². The lowest BCUT2D eigenvalue weighted by atomic mass is 10.1. The Bertz CT molecular complexity index is 464. The average molecular weight is 244 g/mol. The molecule has 4 heteroatoms. The second kappa shape index (κ2) is 6.19. The van der Waals surface area contributed by atoms with E-state index in [4.69, 9.17) is 0 Å². The first kappa shape index (κ1) is 12.6. The summed E-state index contributed by atoms with van der Waals surface area (Å²) in [5.74, 6) is 0.858. The van der Waals surface area contributed by atoms with Gasteiger partial charge in [0.25, 0.3) is 0 Å². The lowest BCUT2D eigenvalue weighted by molar-refractivity contribution is 0.621. The van der Waals surface area contributed by atoms with Gasteiger partial charge in [0.15, 0.2) is 5.82 Å². The Balaban J connectivity index is 2.22. The van der Waals surface area contributed by atoms with E-state index in [0.29, 0.717) is 6.04 Å². The van der Waals surface area contributed by atoms with Gasteiger partial charge in [0.1, 0.15) is 0 Å². The molecule has 1 N–H and O–H groups in total. The monoisotopic (exact) mass is 244 g/mol. The van der Waals surface area contributed by atoms with Crippen molar-refractivity contribution in [2.24, 2.45) is 0 Å². The number of anilines is 1. The van der Waals surface area contributed by atoms with Gasteiger partial charge in [0, 0.05) is 24.6 Å². The van der Waals surface area contributed by atoms with E-state index in [0.717, 1.165) is 17.9 Å². The molecule has 0 aliphatic heterocycles. The van der Waals surface area contributed by atoms with Gasteiger partial charge in [-0.25, -0.2) is 9.67 Å². The van der Waals surface area contributed by atoms with E-state index >= 15 is 0 Å². The molecule has 1 unspecified atom stereocenters. The van der Waals surface area contributed by atoms with Crippen LogP contribution in [0.5, 0.6) is 0 Å². The van der Waals surface area contributed by atoms with Crippen molar-refractivity contribution in [2.75, 3.05) is 5.32 Å². The van der Waals surface area contributed by atoms with Crippen LogP contribution in [0.25, 0.3) is 5.82 Å². The van der Waals surface area contributed by atoms with Gasteiger partial charge in [0.2, 0.25) is 0 Å². The van der Waals surface area contributed by atoms with Crippen LogP contribution in [0, 0.1) is 0 Å². The Morgan fingerprint density at radius 2 is 2.17 bits per heavy atom. The summed E-state index contributed by atoms with van der Waals surface area (Å²) in [6.45, 7) is 4.42. The molecule has 2 heterocycles. The predicted octanol–water partition coefficient (Wildman–Crippen LogP) is 3.26. The van der Waals surface area contributed by atoms with Crippen LogP contribution in [0.4, 0.5) is 5.69 Å². The lowest BCUT2D eigenvalue weighted by Gasteiger charge is -2.19. The zero-order valence-corrected chi connectivity index (χ0v) is 11.0. The highest BCUT2D eigenvalue weighted by atomic mass is 15.3. The summed E-state index contributed by atoms with van der Waals surface area (Å²) in [4.78, 5) is 4.41. The first-order valence-electron chi connectivity index (χ1n) is 6.56. The summed E-state index contributed by atoms with van der Waals surface area (Å²) in [5, 5.41) is 7.80. The van der Waals surface area contributed by atoms with Crippen molar-refractivity contribution in [2.45, 2.75) is 39.2 Å². The molecule has 0 bridgehead atoms. The van der Waals surface area contributed by atoms with Crippen molar-refractivity contribution in [3.8, 4) is 5.82 Å². The van der Waals surface area contributed by atoms with E-state index < -0.39 is 0 Å². The minimum atomic E-state index is 0.494. The molecule has 0 aliphatic rings. The molecule has 18 heavy (non-hydrogen) atoms. The average Bonchev–Trinajstić information content (AvgIpc) is 2.92. The number of pyridine rings is 1. The smallest absolute Gasteiger partial charge is 0.176 e. The highest BCUT2D eigenvalue weighted by Gasteiger charge is 2.10. The highest BCUT2D eigenvalue weighted by Crippen LogP contribution is 2.19. The van der Waals surface area contributed by atoms with Crippen molar-refractivity contribution in [3.63, 3.8) is 0 Å². The largest absolute Gasteiger partial charge is 0.379 e. The van der Waals surface area contributed by atoms with Gasteiger partial charge >= 0.3 is 0 Å². The molecule has 1 atom stereocenters. The molecular weight excluding hydrogens is 224 g/mol. The van der Waals surface area contributed by atoms with Gasteiger partial charge in [-0.1, -0.05) is 20.3 Å². The predicted molar refractivity (Wildman–Crippen MR) is 74.0 cm³/mol. The molecule has 0 spiro atoms.